The lowest BCUT2D eigenvalue weighted by Crippen LogP contribution is -2.21. The molecule has 11 heavy (non-hydrogen) atoms. The minimum absolute atomic E-state index is 0.284. The summed E-state index contributed by atoms with van der Waals surface area (Å²) in [5, 5.41) is 0. The van der Waals surface area contributed by atoms with Gasteiger partial charge in [-0.05, 0) is 6.92 Å². The maximum atomic E-state index is 10.8. The van der Waals surface area contributed by atoms with Crippen molar-refractivity contribution in [3.8, 4) is 0 Å². The van der Waals surface area contributed by atoms with Crippen LogP contribution in [0.5, 0.6) is 0 Å². The number of nitrogen functional groups attached to an aromatic ring is 1. The molecule has 0 saturated heterocycles. The second-order valence-electron chi connectivity index (χ2n) is 2.26. The normalized spacial score (nSPS) is 9.73. The molecule has 1 aromatic rings. The number of hydrazine groups is 1. The highest BCUT2D eigenvalue weighted by Gasteiger charge is 1.99. The zero-order valence-electron chi connectivity index (χ0n) is 6.46. The van der Waals surface area contributed by atoms with E-state index in [0.717, 1.165) is 5.69 Å². The third-order valence-electron chi connectivity index (χ3n) is 1.52. The number of aromatic nitrogens is 2. The first-order chi connectivity index (χ1) is 5.15. The van der Waals surface area contributed by atoms with Gasteiger partial charge in [-0.15, -0.1) is 0 Å². The van der Waals surface area contributed by atoms with Gasteiger partial charge in [0, 0.05) is 18.8 Å². The summed E-state index contributed by atoms with van der Waals surface area (Å²) in [5.41, 5.74) is 2.86. The second kappa shape index (κ2) is 2.71. The van der Waals surface area contributed by atoms with E-state index in [-0.39, 0.29) is 5.56 Å². The summed E-state index contributed by atoms with van der Waals surface area (Å²) in [6, 6.07) is 1.45. The van der Waals surface area contributed by atoms with E-state index < -0.39 is 0 Å². The molecule has 0 aliphatic heterocycles. The van der Waals surface area contributed by atoms with E-state index in [9.17, 15) is 4.79 Å². The predicted octanol–water partition coefficient (Wildman–Crippen LogP) is -0.626. The van der Waals surface area contributed by atoms with Crippen LogP contribution in [-0.2, 0) is 7.05 Å². The van der Waals surface area contributed by atoms with E-state index in [1.54, 1.807) is 11.6 Å². The topological polar surface area (TPSA) is 72.9 Å². The van der Waals surface area contributed by atoms with E-state index in [0.29, 0.717) is 5.95 Å². The molecule has 1 rings (SSSR count). The standard InChI is InChI=1S/C6H10N4O/c1-4-3-5(11)8-6(9-7)10(4)2/h3H,7H2,1-2H3,(H,8,9,11). The predicted molar refractivity (Wildman–Crippen MR) is 42.0 cm³/mol. The average molecular weight is 154 g/mol. The SMILES string of the molecule is Cc1cc(=O)nc(NN)n1C. The Kier molecular flexibility index (Phi) is 1.91. The summed E-state index contributed by atoms with van der Waals surface area (Å²) in [6.07, 6.45) is 0. The Morgan fingerprint density at radius 1 is 1.73 bits per heavy atom. The molecular weight excluding hydrogens is 144 g/mol. The fourth-order valence-electron chi connectivity index (χ4n) is 0.783. The van der Waals surface area contributed by atoms with Crippen LogP contribution < -0.4 is 16.8 Å². The summed E-state index contributed by atoms with van der Waals surface area (Å²) < 4.78 is 1.70. The van der Waals surface area contributed by atoms with Crippen molar-refractivity contribution < 1.29 is 0 Å². The molecule has 0 bridgehead atoms. The molecule has 0 amide bonds. The van der Waals surface area contributed by atoms with Crippen LogP contribution in [0.3, 0.4) is 0 Å². The summed E-state index contributed by atoms with van der Waals surface area (Å²) in [5.74, 6) is 5.49. The van der Waals surface area contributed by atoms with Crippen LogP contribution in [0, 0.1) is 6.92 Å². The number of nitrogens with zero attached hydrogens (tertiary/aromatic N) is 2. The van der Waals surface area contributed by atoms with Crippen molar-refractivity contribution >= 4 is 5.95 Å². The molecule has 1 heterocycles. The molecule has 5 heteroatoms. The highest BCUT2D eigenvalue weighted by atomic mass is 16.1. The van der Waals surface area contributed by atoms with Crippen LogP contribution in [-0.4, -0.2) is 9.55 Å². The minimum Gasteiger partial charge on any atom is -0.318 e. The highest BCUT2D eigenvalue weighted by Crippen LogP contribution is 1.98. The van der Waals surface area contributed by atoms with Crippen LogP contribution >= 0.6 is 0 Å². The van der Waals surface area contributed by atoms with Gasteiger partial charge in [0.1, 0.15) is 0 Å². The van der Waals surface area contributed by atoms with Gasteiger partial charge in [0.05, 0.1) is 0 Å². The minimum atomic E-state index is -0.284. The van der Waals surface area contributed by atoms with Crippen molar-refractivity contribution in [2.75, 3.05) is 5.43 Å². The quantitative estimate of drug-likeness (QED) is 0.417. The molecule has 0 unspecified atom stereocenters. The molecule has 3 N–H and O–H groups in total. The van der Waals surface area contributed by atoms with Gasteiger partial charge in [-0.2, -0.15) is 4.98 Å². The van der Waals surface area contributed by atoms with Gasteiger partial charge in [-0.25, -0.2) is 5.84 Å². The molecule has 1 aromatic heterocycles. The molecule has 0 aliphatic carbocycles. The average Bonchev–Trinajstić information content (AvgIpc) is 1.96. The summed E-state index contributed by atoms with van der Waals surface area (Å²) >= 11 is 0. The fraction of sp³-hybridized carbons (Fsp3) is 0.333. The van der Waals surface area contributed by atoms with Crippen LogP contribution in [0.1, 0.15) is 5.69 Å². The van der Waals surface area contributed by atoms with E-state index in [1.165, 1.54) is 6.07 Å². The van der Waals surface area contributed by atoms with Gasteiger partial charge in [0.15, 0.2) is 0 Å². The summed E-state index contributed by atoms with van der Waals surface area (Å²) in [4.78, 5) is 14.4. The molecule has 0 saturated carbocycles. The van der Waals surface area contributed by atoms with Gasteiger partial charge in [0.25, 0.3) is 5.56 Å². The highest BCUT2D eigenvalue weighted by molar-refractivity contribution is 5.24. The molecule has 0 atom stereocenters. The van der Waals surface area contributed by atoms with E-state index in [4.69, 9.17) is 5.84 Å². The Labute approximate surface area is 63.8 Å². The first kappa shape index (κ1) is 7.74. The smallest absolute Gasteiger partial charge is 0.274 e. The second-order valence-corrected chi connectivity index (χ2v) is 2.26. The van der Waals surface area contributed by atoms with Crippen LogP contribution in [0.15, 0.2) is 10.9 Å². The number of hydrogen-bond donors (Lipinski definition) is 2. The van der Waals surface area contributed by atoms with Gasteiger partial charge in [-0.1, -0.05) is 0 Å². The first-order valence-corrected chi connectivity index (χ1v) is 3.16. The number of aryl methyl sites for hydroxylation is 1. The Morgan fingerprint density at radius 2 is 2.36 bits per heavy atom. The lowest BCUT2D eigenvalue weighted by atomic mass is 10.4. The number of anilines is 1. The zero-order chi connectivity index (χ0) is 8.43. The van der Waals surface area contributed by atoms with E-state index >= 15 is 0 Å². The Hall–Kier alpha value is -1.36. The van der Waals surface area contributed by atoms with Crippen LogP contribution in [0.4, 0.5) is 5.95 Å². The summed E-state index contributed by atoms with van der Waals surface area (Å²) in [7, 11) is 1.77. The molecular formula is C6H10N4O. The number of rotatable bonds is 1. The third kappa shape index (κ3) is 1.38. The first-order valence-electron chi connectivity index (χ1n) is 3.16. The van der Waals surface area contributed by atoms with Crippen molar-refractivity contribution in [2.45, 2.75) is 6.92 Å². The van der Waals surface area contributed by atoms with Crippen molar-refractivity contribution in [1.29, 1.82) is 0 Å². The molecule has 0 spiro atoms. The van der Waals surface area contributed by atoms with Gasteiger partial charge >= 0.3 is 0 Å². The van der Waals surface area contributed by atoms with Crippen LogP contribution in [0.2, 0.25) is 0 Å². The van der Waals surface area contributed by atoms with E-state index in [2.05, 4.69) is 10.4 Å². The van der Waals surface area contributed by atoms with Crippen molar-refractivity contribution in [3.63, 3.8) is 0 Å². The monoisotopic (exact) mass is 154 g/mol. The number of nitrogens with one attached hydrogen (secondary N) is 1. The van der Waals surface area contributed by atoms with Gasteiger partial charge in [0.2, 0.25) is 5.95 Å². The van der Waals surface area contributed by atoms with E-state index in [1.807, 2.05) is 6.92 Å². The Balaban J connectivity index is 3.36. The largest absolute Gasteiger partial charge is 0.318 e. The number of hydrogen-bond acceptors (Lipinski definition) is 4. The number of nitrogens with two attached hydrogens (primary N) is 1. The summed E-state index contributed by atoms with van der Waals surface area (Å²) in [6.45, 7) is 1.81. The maximum absolute atomic E-state index is 10.8. The third-order valence-corrected chi connectivity index (χ3v) is 1.52. The molecule has 60 valence electrons. The van der Waals surface area contributed by atoms with Crippen molar-refractivity contribution in [3.05, 3.63) is 22.1 Å². The van der Waals surface area contributed by atoms with Crippen LogP contribution in [0.25, 0.3) is 0 Å². The fourth-order valence-corrected chi connectivity index (χ4v) is 0.783. The molecule has 0 aliphatic rings. The van der Waals surface area contributed by atoms with Crippen molar-refractivity contribution in [1.82, 2.24) is 9.55 Å². The lowest BCUT2D eigenvalue weighted by molar-refractivity contribution is 0.817. The lowest BCUT2D eigenvalue weighted by Gasteiger charge is -2.07. The van der Waals surface area contributed by atoms with Gasteiger partial charge in [-0.3, -0.25) is 10.2 Å². The molecule has 5 nitrogen and oxygen atoms in total. The Bertz CT molecular complexity index is 317. The Morgan fingerprint density at radius 3 is 2.91 bits per heavy atom. The maximum Gasteiger partial charge on any atom is 0.274 e. The zero-order valence-corrected chi connectivity index (χ0v) is 6.46. The molecule has 0 aromatic carbocycles. The molecule has 0 fully saturated rings. The molecule has 0 radical (unpaired) electrons. The van der Waals surface area contributed by atoms with Gasteiger partial charge < -0.3 is 4.57 Å². The van der Waals surface area contributed by atoms with Crippen molar-refractivity contribution in [2.24, 2.45) is 12.9 Å².